The molecule has 0 aliphatic heterocycles. The second kappa shape index (κ2) is 5.48. The molecule has 1 heterocycles. The Labute approximate surface area is 122 Å². The van der Waals surface area contributed by atoms with Crippen molar-refractivity contribution in [3.8, 4) is 11.4 Å². The number of halogens is 2. The lowest BCUT2D eigenvalue weighted by Crippen LogP contribution is -2.00. The molecule has 3 rings (SSSR count). The zero-order valence-corrected chi connectivity index (χ0v) is 12.0. The molecule has 1 aliphatic carbocycles. The van der Waals surface area contributed by atoms with E-state index in [1.165, 1.54) is 25.7 Å². The Kier molecular flexibility index (Phi) is 3.72. The Hall–Kier alpha value is -1.12. The maximum absolute atomic E-state index is 6.20. The van der Waals surface area contributed by atoms with Crippen LogP contribution in [0.15, 0.2) is 30.3 Å². The lowest BCUT2D eigenvalue weighted by Gasteiger charge is -2.11. The summed E-state index contributed by atoms with van der Waals surface area (Å²) < 4.78 is 0. The zero-order valence-electron chi connectivity index (χ0n) is 10.4. The second-order valence-corrected chi connectivity index (χ2v) is 5.69. The van der Waals surface area contributed by atoms with Gasteiger partial charge in [-0.05, 0) is 31.0 Å². The summed E-state index contributed by atoms with van der Waals surface area (Å²) in [6.07, 6.45) is 4.92. The van der Waals surface area contributed by atoms with Crippen LogP contribution in [0.4, 0.5) is 0 Å². The van der Waals surface area contributed by atoms with Crippen molar-refractivity contribution in [1.29, 1.82) is 0 Å². The van der Waals surface area contributed by atoms with E-state index in [1.807, 2.05) is 30.3 Å². The van der Waals surface area contributed by atoms with Crippen LogP contribution in [0, 0.1) is 0 Å². The first-order valence-electron chi connectivity index (χ1n) is 6.53. The fourth-order valence-corrected chi connectivity index (χ4v) is 3.04. The SMILES string of the molecule is Clc1cc(C2CCCC2)nc(-c2ccccc2Cl)n1. The highest BCUT2D eigenvalue weighted by Crippen LogP contribution is 2.35. The van der Waals surface area contributed by atoms with Crippen LogP contribution in [0.1, 0.15) is 37.3 Å². The summed E-state index contributed by atoms with van der Waals surface area (Å²) in [5.41, 5.74) is 1.89. The van der Waals surface area contributed by atoms with Gasteiger partial charge in [0.1, 0.15) is 5.15 Å². The molecule has 4 heteroatoms. The maximum Gasteiger partial charge on any atom is 0.162 e. The standard InChI is InChI=1S/C15H14Cl2N2/c16-12-8-4-3-7-11(12)15-18-13(9-14(17)19-15)10-5-1-2-6-10/h3-4,7-10H,1-2,5-6H2. The molecule has 1 aromatic carbocycles. The molecule has 2 aromatic rings. The molecular formula is C15H14Cl2N2. The van der Waals surface area contributed by atoms with Gasteiger partial charge < -0.3 is 0 Å². The van der Waals surface area contributed by atoms with Crippen molar-refractivity contribution >= 4 is 23.2 Å². The van der Waals surface area contributed by atoms with Crippen LogP contribution in [0.2, 0.25) is 10.2 Å². The van der Waals surface area contributed by atoms with Crippen molar-refractivity contribution in [3.63, 3.8) is 0 Å². The third kappa shape index (κ3) is 2.75. The summed E-state index contributed by atoms with van der Waals surface area (Å²) in [7, 11) is 0. The normalized spacial score (nSPS) is 15.9. The van der Waals surface area contributed by atoms with Crippen LogP contribution in [0.25, 0.3) is 11.4 Å². The molecule has 0 N–H and O–H groups in total. The predicted molar refractivity (Wildman–Crippen MR) is 78.7 cm³/mol. The summed E-state index contributed by atoms with van der Waals surface area (Å²) in [5.74, 6) is 1.14. The van der Waals surface area contributed by atoms with Crippen molar-refractivity contribution < 1.29 is 0 Å². The first-order chi connectivity index (χ1) is 9.24. The Morgan fingerprint density at radius 1 is 1.00 bits per heavy atom. The lowest BCUT2D eigenvalue weighted by molar-refractivity contribution is 0.695. The summed E-state index contributed by atoms with van der Waals surface area (Å²) in [6.45, 7) is 0. The van der Waals surface area contributed by atoms with Gasteiger partial charge in [-0.3, -0.25) is 0 Å². The molecule has 0 spiro atoms. The van der Waals surface area contributed by atoms with E-state index in [-0.39, 0.29) is 0 Å². The number of aromatic nitrogens is 2. The Bertz CT molecular complexity index is 592. The van der Waals surface area contributed by atoms with E-state index >= 15 is 0 Å². The zero-order chi connectivity index (χ0) is 13.2. The highest BCUT2D eigenvalue weighted by Gasteiger charge is 2.20. The minimum absolute atomic E-state index is 0.492. The van der Waals surface area contributed by atoms with Crippen molar-refractivity contribution in [2.24, 2.45) is 0 Å². The van der Waals surface area contributed by atoms with Gasteiger partial charge in [-0.25, -0.2) is 9.97 Å². The molecule has 0 unspecified atom stereocenters. The smallest absolute Gasteiger partial charge is 0.162 e. The molecule has 0 atom stereocenters. The van der Waals surface area contributed by atoms with Gasteiger partial charge in [0.15, 0.2) is 5.82 Å². The minimum Gasteiger partial charge on any atom is -0.233 e. The largest absolute Gasteiger partial charge is 0.233 e. The van der Waals surface area contributed by atoms with Gasteiger partial charge in [0, 0.05) is 17.2 Å². The van der Waals surface area contributed by atoms with Crippen LogP contribution in [-0.4, -0.2) is 9.97 Å². The average Bonchev–Trinajstić information content (AvgIpc) is 2.92. The number of hydrogen-bond donors (Lipinski definition) is 0. The number of hydrogen-bond acceptors (Lipinski definition) is 2. The fraction of sp³-hybridized carbons (Fsp3) is 0.333. The first kappa shape index (κ1) is 12.9. The summed E-state index contributed by atoms with van der Waals surface area (Å²) in [5, 5.41) is 1.15. The minimum atomic E-state index is 0.492. The molecule has 1 aromatic heterocycles. The second-order valence-electron chi connectivity index (χ2n) is 4.90. The van der Waals surface area contributed by atoms with Crippen molar-refractivity contribution in [2.75, 3.05) is 0 Å². The van der Waals surface area contributed by atoms with Crippen molar-refractivity contribution in [3.05, 3.63) is 46.2 Å². The molecule has 98 valence electrons. The Morgan fingerprint density at radius 3 is 2.47 bits per heavy atom. The van der Waals surface area contributed by atoms with E-state index in [9.17, 15) is 0 Å². The van der Waals surface area contributed by atoms with Crippen LogP contribution in [-0.2, 0) is 0 Å². The topological polar surface area (TPSA) is 25.8 Å². The lowest BCUT2D eigenvalue weighted by atomic mass is 10.0. The van der Waals surface area contributed by atoms with E-state index in [0.29, 0.717) is 21.9 Å². The molecule has 1 saturated carbocycles. The van der Waals surface area contributed by atoms with E-state index in [2.05, 4.69) is 9.97 Å². The third-order valence-corrected chi connectivity index (χ3v) is 4.13. The van der Waals surface area contributed by atoms with Crippen molar-refractivity contribution in [2.45, 2.75) is 31.6 Å². The maximum atomic E-state index is 6.20. The van der Waals surface area contributed by atoms with Gasteiger partial charge in [-0.2, -0.15) is 0 Å². The van der Waals surface area contributed by atoms with Gasteiger partial charge in [0.2, 0.25) is 0 Å². The first-order valence-corrected chi connectivity index (χ1v) is 7.29. The van der Waals surface area contributed by atoms with E-state index in [1.54, 1.807) is 0 Å². The highest BCUT2D eigenvalue weighted by atomic mass is 35.5. The summed E-state index contributed by atoms with van der Waals surface area (Å²) in [4.78, 5) is 8.97. The Morgan fingerprint density at radius 2 is 1.74 bits per heavy atom. The monoisotopic (exact) mass is 292 g/mol. The van der Waals surface area contributed by atoms with Gasteiger partial charge in [0.25, 0.3) is 0 Å². The van der Waals surface area contributed by atoms with E-state index in [4.69, 9.17) is 23.2 Å². The summed E-state index contributed by atoms with van der Waals surface area (Å²) in [6, 6.07) is 9.48. The molecule has 0 amide bonds. The van der Waals surface area contributed by atoms with Crippen LogP contribution >= 0.6 is 23.2 Å². The van der Waals surface area contributed by atoms with Crippen LogP contribution in [0.3, 0.4) is 0 Å². The molecule has 0 saturated heterocycles. The van der Waals surface area contributed by atoms with Gasteiger partial charge in [0.05, 0.1) is 5.02 Å². The number of benzene rings is 1. The third-order valence-electron chi connectivity index (χ3n) is 3.60. The molecule has 1 aliphatic rings. The number of nitrogens with zero attached hydrogens (tertiary/aromatic N) is 2. The molecule has 19 heavy (non-hydrogen) atoms. The highest BCUT2D eigenvalue weighted by molar-refractivity contribution is 6.33. The van der Waals surface area contributed by atoms with Gasteiger partial charge in [-0.15, -0.1) is 0 Å². The molecule has 1 fully saturated rings. The van der Waals surface area contributed by atoms with Gasteiger partial charge in [-0.1, -0.05) is 48.2 Å². The van der Waals surface area contributed by atoms with E-state index in [0.717, 1.165) is 11.3 Å². The van der Waals surface area contributed by atoms with Gasteiger partial charge >= 0.3 is 0 Å². The average molecular weight is 293 g/mol. The molecule has 2 nitrogen and oxygen atoms in total. The van der Waals surface area contributed by atoms with E-state index < -0.39 is 0 Å². The van der Waals surface area contributed by atoms with Crippen LogP contribution in [0.5, 0.6) is 0 Å². The molecule has 0 bridgehead atoms. The summed E-state index contributed by atoms with van der Waals surface area (Å²) >= 11 is 12.3. The van der Waals surface area contributed by atoms with Crippen LogP contribution < -0.4 is 0 Å². The molecule has 0 radical (unpaired) electrons. The number of rotatable bonds is 2. The predicted octanol–water partition coefficient (Wildman–Crippen LogP) is 5.11. The van der Waals surface area contributed by atoms with Crippen molar-refractivity contribution in [1.82, 2.24) is 9.97 Å². The Balaban J connectivity index is 2.04. The molecular weight excluding hydrogens is 279 g/mol. The quantitative estimate of drug-likeness (QED) is 0.719. The fourth-order valence-electron chi connectivity index (χ4n) is 2.63.